The zero-order valence-electron chi connectivity index (χ0n) is 11.2. The Labute approximate surface area is 128 Å². The third kappa shape index (κ3) is 4.29. The van der Waals surface area contributed by atoms with Crippen LogP contribution in [-0.4, -0.2) is 12.2 Å². The SMILES string of the molecule is CSCc1ccc(C(=O)NCc2ccc(Cl)cc2)cc1. The van der Waals surface area contributed by atoms with E-state index in [1.807, 2.05) is 48.5 Å². The second kappa shape index (κ2) is 7.36. The zero-order valence-corrected chi connectivity index (χ0v) is 12.8. The van der Waals surface area contributed by atoms with Crippen LogP contribution in [0.2, 0.25) is 5.02 Å². The number of amides is 1. The Morgan fingerprint density at radius 2 is 1.65 bits per heavy atom. The summed E-state index contributed by atoms with van der Waals surface area (Å²) in [5, 5.41) is 3.60. The van der Waals surface area contributed by atoms with Gasteiger partial charge in [0.15, 0.2) is 0 Å². The summed E-state index contributed by atoms with van der Waals surface area (Å²) < 4.78 is 0. The highest BCUT2D eigenvalue weighted by Crippen LogP contribution is 2.11. The van der Waals surface area contributed by atoms with Gasteiger partial charge < -0.3 is 5.32 Å². The fourth-order valence-electron chi connectivity index (χ4n) is 1.81. The third-order valence-electron chi connectivity index (χ3n) is 2.89. The monoisotopic (exact) mass is 305 g/mol. The molecule has 1 N–H and O–H groups in total. The molecule has 2 aromatic rings. The molecule has 1 amide bonds. The summed E-state index contributed by atoms with van der Waals surface area (Å²) in [4.78, 5) is 12.0. The van der Waals surface area contributed by atoms with Gasteiger partial charge in [0, 0.05) is 22.9 Å². The van der Waals surface area contributed by atoms with Crippen molar-refractivity contribution in [2.75, 3.05) is 6.26 Å². The van der Waals surface area contributed by atoms with E-state index < -0.39 is 0 Å². The summed E-state index contributed by atoms with van der Waals surface area (Å²) in [6.07, 6.45) is 2.06. The van der Waals surface area contributed by atoms with Crippen LogP contribution in [-0.2, 0) is 12.3 Å². The predicted octanol–water partition coefficient (Wildman–Crippen LogP) is 4.13. The normalized spacial score (nSPS) is 10.3. The van der Waals surface area contributed by atoms with Crippen LogP contribution in [0, 0.1) is 0 Å². The highest BCUT2D eigenvalue weighted by atomic mass is 35.5. The number of thioether (sulfide) groups is 1. The number of carbonyl (C=O) groups is 1. The molecule has 0 saturated carbocycles. The van der Waals surface area contributed by atoms with Crippen LogP contribution in [0.1, 0.15) is 21.5 Å². The Bertz CT molecular complexity index is 566. The van der Waals surface area contributed by atoms with Crippen molar-refractivity contribution in [1.29, 1.82) is 0 Å². The lowest BCUT2D eigenvalue weighted by Gasteiger charge is -2.06. The van der Waals surface area contributed by atoms with E-state index in [4.69, 9.17) is 11.6 Å². The van der Waals surface area contributed by atoms with Crippen molar-refractivity contribution in [2.24, 2.45) is 0 Å². The van der Waals surface area contributed by atoms with Crippen molar-refractivity contribution in [2.45, 2.75) is 12.3 Å². The van der Waals surface area contributed by atoms with E-state index in [1.54, 1.807) is 11.8 Å². The van der Waals surface area contributed by atoms with Gasteiger partial charge in [0.1, 0.15) is 0 Å². The van der Waals surface area contributed by atoms with Gasteiger partial charge >= 0.3 is 0 Å². The number of hydrogen-bond donors (Lipinski definition) is 1. The molecule has 0 spiro atoms. The van der Waals surface area contributed by atoms with Crippen molar-refractivity contribution < 1.29 is 4.79 Å². The van der Waals surface area contributed by atoms with Gasteiger partial charge in [-0.3, -0.25) is 4.79 Å². The topological polar surface area (TPSA) is 29.1 Å². The number of hydrogen-bond acceptors (Lipinski definition) is 2. The Balaban J connectivity index is 1.92. The Hall–Kier alpha value is -1.45. The van der Waals surface area contributed by atoms with E-state index in [0.717, 1.165) is 11.3 Å². The minimum atomic E-state index is -0.0596. The van der Waals surface area contributed by atoms with Crippen LogP contribution in [0.15, 0.2) is 48.5 Å². The summed E-state index contributed by atoms with van der Waals surface area (Å²) in [5.74, 6) is 0.905. The molecule has 20 heavy (non-hydrogen) atoms. The standard InChI is InChI=1S/C16H16ClNOS/c1-20-11-13-2-6-14(7-3-13)16(19)18-10-12-4-8-15(17)9-5-12/h2-9H,10-11H2,1H3,(H,18,19). The molecule has 0 radical (unpaired) electrons. The van der Waals surface area contributed by atoms with Gasteiger partial charge in [-0.1, -0.05) is 35.9 Å². The van der Waals surface area contributed by atoms with E-state index in [2.05, 4.69) is 11.6 Å². The lowest BCUT2D eigenvalue weighted by Crippen LogP contribution is -2.22. The number of rotatable bonds is 5. The molecule has 0 heterocycles. The molecular weight excluding hydrogens is 290 g/mol. The maximum absolute atomic E-state index is 12.0. The molecule has 0 atom stereocenters. The lowest BCUT2D eigenvalue weighted by molar-refractivity contribution is 0.0951. The minimum absolute atomic E-state index is 0.0596. The Kier molecular flexibility index (Phi) is 5.50. The minimum Gasteiger partial charge on any atom is -0.348 e. The molecule has 0 aliphatic rings. The molecule has 0 fully saturated rings. The van der Waals surface area contributed by atoms with Gasteiger partial charge in [-0.05, 0) is 41.6 Å². The lowest BCUT2D eigenvalue weighted by atomic mass is 10.1. The van der Waals surface area contributed by atoms with Crippen LogP contribution in [0.4, 0.5) is 0 Å². The summed E-state index contributed by atoms with van der Waals surface area (Å²) in [6.45, 7) is 0.503. The average Bonchev–Trinajstić information content (AvgIpc) is 2.47. The van der Waals surface area contributed by atoms with E-state index in [0.29, 0.717) is 17.1 Å². The first kappa shape index (κ1) is 14.9. The summed E-state index contributed by atoms with van der Waals surface area (Å²) in [5.41, 5.74) is 2.94. The van der Waals surface area contributed by atoms with Gasteiger partial charge in [0.25, 0.3) is 5.91 Å². The third-order valence-corrected chi connectivity index (χ3v) is 3.77. The number of carbonyl (C=O) groups excluding carboxylic acids is 1. The van der Waals surface area contributed by atoms with Crippen molar-refractivity contribution >= 4 is 29.3 Å². The molecule has 0 aromatic heterocycles. The summed E-state index contributed by atoms with van der Waals surface area (Å²) >= 11 is 7.59. The number of benzene rings is 2. The predicted molar refractivity (Wildman–Crippen MR) is 86.3 cm³/mol. The molecule has 0 unspecified atom stereocenters. The second-order valence-electron chi connectivity index (χ2n) is 4.44. The van der Waals surface area contributed by atoms with Crippen LogP contribution in [0.25, 0.3) is 0 Å². The first-order valence-corrected chi connectivity index (χ1v) is 8.07. The largest absolute Gasteiger partial charge is 0.348 e. The summed E-state index contributed by atoms with van der Waals surface area (Å²) in [7, 11) is 0. The molecule has 2 nitrogen and oxygen atoms in total. The Morgan fingerprint density at radius 3 is 2.25 bits per heavy atom. The van der Waals surface area contributed by atoms with Crippen molar-refractivity contribution in [3.05, 3.63) is 70.2 Å². The van der Waals surface area contributed by atoms with E-state index >= 15 is 0 Å². The van der Waals surface area contributed by atoms with Crippen LogP contribution < -0.4 is 5.32 Å². The zero-order chi connectivity index (χ0) is 14.4. The van der Waals surface area contributed by atoms with Crippen molar-refractivity contribution in [1.82, 2.24) is 5.32 Å². The highest BCUT2D eigenvalue weighted by Gasteiger charge is 2.05. The first-order chi connectivity index (χ1) is 9.69. The van der Waals surface area contributed by atoms with Gasteiger partial charge in [0.2, 0.25) is 0 Å². The quantitative estimate of drug-likeness (QED) is 0.900. The smallest absolute Gasteiger partial charge is 0.251 e. The second-order valence-corrected chi connectivity index (χ2v) is 5.74. The maximum atomic E-state index is 12.0. The van der Waals surface area contributed by atoms with Crippen molar-refractivity contribution in [3.8, 4) is 0 Å². The van der Waals surface area contributed by atoms with Gasteiger partial charge in [0.05, 0.1) is 0 Å². The fourth-order valence-corrected chi connectivity index (χ4v) is 2.46. The fraction of sp³-hybridized carbons (Fsp3) is 0.188. The molecule has 0 saturated heterocycles. The number of halogens is 1. The van der Waals surface area contributed by atoms with Crippen molar-refractivity contribution in [3.63, 3.8) is 0 Å². The first-order valence-electron chi connectivity index (χ1n) is 6.29. The number of nitrogens with one attached hydrogen (secondary N) is 1. The van der Waals surface area contributed by atoms with Crippen LogP contribution >= 0.6 is 23.4 Å². The maximum Gasteiger partial charge on any atom is 0.251 e. The highest BCUT2D eigenvalue weighted by molar-refractivity contribution is 7.97. The molecule has 0 aliphatic heterocycles. The van der Waals surface area contributed by atoms with Gasteiger partial charge in [-0.25, -0.2) is 0 Å². The molecule has 0 bridgehead atoms. The molecule has 2 rings (SSSR count). The average molecular weight is 306 g/mol. The molecular formula is C16H16ClNOS. The van der Waals surface area contributed by atoms with E-state index in [-0.39, 0.29) is 5.91 Å². The van der Waals surface area contributed by atoms with Crippen LogP contribution in [0.5, 0.6) is 0 Å². The van der Waals surface area contributed by atoms with Gasteiger partial charge in [-0.15, -0.1) is 0 Å². The van der Waals surface area contributed by atoms with E-state index in [9.17, 15) is 4.79 Å². The summed E-state index contributed by atoms with van der Waals surface area (Å²) in [6, 6.07) is 15.2. The molecule has 104 valence electrons. The van der Waals surface area contributed by atoms with Gasteiger partial charge in [-0.2, -0.15) is 11.8 Å². The molecule has 4 heteroatoms. The van der Waals surface area contributed by atoms with E-state index in [1.165, 1.54) is 5.56 Å². The Morgan fingerprint density at radius 1 is 1.05 bits per heavy atom. The molecule has 2 aromatic carbocycles. The van der Waals surface area contributed by atoms with Crippen LogP contribution in [0.3, 0.4) is 0 Å². The molecule has 0 aliphatic carbocycles.